The monoisotopic (exact) mass is 419 g/mol. The van der Waals surface area contributed by atoms with Crippen molar-refractivity contribution >= 4 is 17.8 Å². The Bertz CT molecular complexity index is 919. The van der Waals surface area contributed by atoms with Gasteiger partial charge in [-0.2, -0.15) is 13.2 Å². The molecule has 9 heteroatoms. The maximum absolute atomic E-state index is 13.8. The van der Waals surface area contributed by atoms with E-state index in [-0.39, 0.29) is 25.8 Å². The topological polar surface area (TPSA) is 78.5 Å². The molecular formula is C21H20F3N3O3. The summed E-state index contributed by atoms with van der Waals surface area (Å²) in [6.07, 6.45) is -5.09. The minimum absolute atomic E-state index is 0.190. The van der Waals surface area contributed by atoms with Crippen LogP contribution >= 0.6 is 0 Å². The average molecular weight is 419 g/mol. The normalized spacial score (nSPS) is 19.0. The van der Waals surface area contributed by atoms with E-state index in [0.717, 1.165) is 11.1 Å². The van der Waals surface area contributed by atoms with Crippen molar-refractivity contribution in [2.45, 2.75) is 31.1 Å². The highest BCUT2D eigenvalue weighted by Gasteiger charge is 2.68. The highest BCUT2D eigenvalue weighted by molar-refractivity contribution is 6.08. The van der Waals surface area contributed by atoms with Gasteiger partial charge in [0.25, 0.3) is 11.6 Å². The number of imide groups is 1. The van der Waals surface area contributed by atoms with Crippen LogP contribution in [-0.2, 0) is 22.4 Å². The zero-order valence-electron chi connectivity index (χ0n) is 15.9. The van der Waals surface area contributed by atoms with Crippen molar-refractivity contribution in [3.05, 3.63) is 71.8 Å². The molecule has 1 aliphatic rings. The number of carbonyl (C=O) groups excluding carboxylic acids is 3. The molecule has 0 spiro atoms. The van der Waals surface area contributed by atoms with Crippen LogP contribution in [0, 0.1) is 0 Å². The highest BCUT2D eigenvalue weighted by Crippen LogP contribution is 2.34. The first kappa shape index (κ1) is 21.4. The smallest absolute Gasteiger partial charge is 0.318 e. The standard InChI is InChI=1S/C21H20F3N3O3/c22-21(23,24)20(25-17(28)12-11-15-7-3-1-4-8-15)18(29)27(19(30)26-20)14-13-16-9-5-2-6-10-16/h1-10H,11-14H2,(H,25,28)(H,26,30)/t20-/m0/s1. The Kier molecular flexibility index (Phi) is 6.09. The van der Waals surface area contributed by atoms with Crippen LogP contribution in [0.25, 0.3) is 0 Å². The van der Waals surface area contributed by atoms with Crippen molar-refractivity contribution in [2.75, 3.05) is 6.54 Å². The van der Waals surface area contributed by atoms with Crippen LogP contribution in [0.5, 0.6) is 0 Å². The number of halogens is 3. The maximum atomic E-state index is 13.8. The van der Waals surface area contributed by atoms with Crippen molar-refractivity contribution < 1.29 is 27.6 Å². The molecule has 4 amide bonds. The summed E-state index contributed by atoms with van der Waals surface area (Å²) in [7, 11) is 0. The summed E-state index contributed by atoms with van der Waals surface area (Å²) < 4.78 is 41.5. The molecule has 1 fully saturated rings. The number of aryl methyl sites for hydroxylation is 1. The maximum Gasteiger partial charge on any atom is 0.440 e. The summed E-state index contributed by atoms with van der Waals surface area (Å²) in [5.41, 5.74) is -1.94. The number of benzene rings is 2. The molecule has 0 unspecified atom stereocenters. The van der Waals surface area contributed by atoms with Crippen LogP contribution in [0.1, 0.15) is 17.5 Å². The quantitative estimate of drug-likeness (QED) is 0.678. The van der Waals surface area contributed by atoms with Gasteiger partial charge in [0.05, 0.1) is 0 Å². The minimum atomic E-state index is -5.20. The number of nitrogens with zero attached hydrogens (tertiary/aromatic N) is 1. The highest BCUT2D eigenvalue weighted by atomic mass is 19.4. The van der Waals surface area contributed by atoms with Gasteiger partial charge in [0.1, 0.15) is 0 Å². The van der Waals surface area contributed by atoms with Gasteiger partial charge in [-0.1, -0.05) is 60.7 Å². The van der Waals surface area contributed by atoms with E-state index in [1.807, 2.05) is 0 Å². The fraction of sp³-hybridized carbons (Fsp3) is 0.286. The van der Waals surface area contributed by atoms with Crippen molar-refractivity contribution in [3.8, 4) is 0 Å². The number of nitrogens with one attached hydrogen (secondary N) is 2. The molecule has 2 aromatic rings. The summed E-state index contributed by atoms with van der Waals surface area (Å²) in [6, 6.07) is 16.3. The third kappa shape index (κ3) is 4.45. The number of urea groups is 1. The number of alkyl halides is 3. The lowest BCUT2D eigenvalue weighted by atomic mass is 10.1. The van der Waals surface area contributed by atoms with Crippen LogP contribution in [0.2, 0.25) is 0 Å². The zero-order valence-corrected chi connectivity index (χ0v) is 15.9. The Morgan fingerprint density at radius 1 is 0.933 bits per heavy atom. The Morgan fingerprint density at radius 3 is 2.00 bits per heavy atom. The second-order valence-corrected chi connectivity index (χ2v) is 6.90. The van der Waals surface area contributed by atoms with Crippen LogP contribution in [0.4, 0.5) is 18.0 Å². The number of hydrogen-bond donors (Lipinski definition) is 2. The first-order chi connectivity index (χ1) is 14.2. The van der Waals surface area contributed by atoms with E-state index in [1.54, 1.807) is 71.3 Å². The number of carbonyl (C=O) groups is 3. The van der Waals surface area contributed by atoms with E-state index in [9.17, 15) is 27.6 Å². The van der Waals surface area contributed by atoms with Crippen LogP contribution in [0.3, 0.4) is 0 Å². The molecule has 3 rings (SSSR count). The van der Waals surface area contributed by atoms with E-state index in [2.05, 4.69) is 0 Å². The van der Waals surface area contributed by atoms with Crippen molar-refractivity contribution in [1.82, 2.24) is 15.5 Å². The number of hydrogen-bond acceptors (Lipinski definition) is 3. The van der Waals surface area contributed by atoms with Gasteiger partial charge in [-0.25, -0.2) is 4.79 Å². The third-order valence-electron chi connectivity index (χ3n) is 4.81. The fourth-order valence-electron chi connectivity index (χ4n) is 3.19. The zero-order chi connectivity index (χ0) is 21.8. The van der Waals surface area contributed by atoms with Gasteiger partial charge in [-0.05, 0) is 24.0 Å². The van der Waals surface area contributed by atoms with Gasteiger partial charge < -0.3 is 5.32 Å². The lowest BCUT2D eigenvalue weighted by Crippen LogP contribution is -2.69. The molecule has 0 bridgehead atoms. The van der Waals surface area contributed by atoms with Gasteiger partial charge in [0.2, 0.25) is 5.91 Å². The molecule has 0 radical (unpaired) electrons. The van der Waals surface area contributed by atoms with Gasteiger partial charge in [0, 0.05) is 13.0 Å². The summed E-state index contributed by atoms with van der Waals surface area (Å²) in [6.45, 7) is -0.244. The molecule has 6 nitrogen and oxygen atoms in total. The molecule has 30 heavy (non-hydrogen) atoms. The predicted octanol–water partition coefficient (Wildman–Crippen LogP) is 2.79. The van der Waals surface area contributed by atoms with Crippen LogP contribution < -0.4 is 10.6 Å². The fourth-order valence-corrected chi connectivity index (χ4v) is 3.19. The Morgan fingerprint density at radius 2 is 1.47 bits per heavy atom. The second-order valence-electron chi connectivity index (χ2n) is 6.90. The number of amides is 4. The number of rotatable bonds is 7. The Hall–Kier alpha value is -3.36. The molecule has 1 saturated heterocycles. The van der Waals surface area contributed by atoms with Crippen molar-refractivity contribution in [3.63, 3.8) is 0 Å². The van der Waals surface area contributed by atoms with E-state index in [0.29, 0.717) is 4.90 Å². The molecule has 2 aromatic carbocycles. The lowest BCUT2D eigenvalue weighted by Gasteiger charge is -2.30. The van der Waals surface area contributed by atoms with Crippen molar-refractivity contribution in [2.24, 2.45) is 0 Å². The van der Waals surface area contributed by atoms with Gasteiger partial charge in [0.15, 0.2) is 0 Å². The third-order valence-corrected chi connectivity index (χ3v) is 4.81. The first-order valence-electron chi connectivity index (χ1n) is 9.32. The van der Waals surface area contributed by atoms with E-state index in [4.69, 9.17) is 0 Å². The van der Waals surface area contributed by atoms with Crippen molar-refractivity contribution in [1.29, 1.82) is 0 Å². The van der Waals surface area contributed by atoms with Crippen LogP contribution in [0.15, 0.2) is 60.7 Å². The predicted molar refractivity (Wildman–Crippen MR) is 102 cm³/mol. The molecule has 0 saturated carbocycles. The SMILES string of the molecule is O=C(CCc1ccccc1)N[C@]1(C(F)(F)F)NC(=O)N(CCc2ccccc2)C1=O. The molecule has 2 N–H and O–H groups in total. The summed E-state index contributed by atoms with van der Waals surface area (Å²) in [5.74, 6) is -2.53. The molecule has 158 valence electrons. The molecule has 1 heterocycles. The molecule has 0 aromatic heterocycles. The molecule has 1 aliphatic heterocycles. The summed E-state index contributed by atoms with van der Waals surface area (Å²) in [4.78, 5) is 37.5. The minimum Gasteiger partial charge on any atom is -0.318 e. The Balaban J connectivity index is 1.71. The summed E-state index contributed by atoms with van der Waals surface area (Å²) in [5, 5.41) is 3.38. The van der Waals surface area contributed by atoms with Crippen LogP contribution in [-0.4, -0.2) is 41.1 Å². The summed E-state index contributed by atoms with van der Waals surface area (Å²) >= 11 is 0. The van der Waals surface area contributed by atoms with Gasteiger partial charge in [-0.15, -0.1) is 0 Å². The first-order valence-corrected chi connectivity index (χ1v) is 9.32. The van der Waals surface area contributed by atoms with E-state index >= 15 is 0 Å². The lowest BCUT2D eigenvalue weighted by molar-refractivity contribution is -0.204. The van der Waals surface area contributed by atoms with E-state index in [1.165, 1.54) is 0 Å². The van der Waals surface area contributed by atoms with E-state index < -0.39 is 29.7 Å². The molecule has 0 aliphatic carbocycles. The average Bonchev–Trinajstić information content (AvgIpc) is 2.96. The van der Waals surface area contributed by atoms with Gasteiger partial charge >= 0.3 is 12.2 Å². The largest absolute Gasteiger partial charge is 0.440 e. The second kappa shape index (κ2) is 8.56. The molecule has 1 atom stereocenters. The Labute approximate surface area is 171 Å². The van der Waals surface area contributed by atoms with Gasteiger partial charge in [-0.3, -0.25) is 19.8 Å². The molecular weight excluding hydrogens is 399 g/mol.